The molecule has 0 aromatic heterocycles. The minimum absolute atomic E-state index is 0.0459. The van der Waals surface area contributed by atoms with E-state index in [1.807, 2.05) is 19.0 Å². The number of carbonyl (C=O) groups excluding carboxylic acids is 1. The van der Waals surface area contributed by atoms with Crippen LogP contribution in [0.2, 0.25) is 0 Å². The Bertz CT molecular complexity index is 337. The van der Waals surface area contributed by atoms with E-state index in [1.54, 1.807) is 0 Å². The molecule has 0 radical (unpaired) electrons. The van der Waals surface area contributed by atoms with Crippen molar-refractivity contribution in [3.8, 4) is 0 Å². The smallest absolute Gasteiger partial charge is 0.326 e. The van der Waals surface area contributed by atoms with Crippen molar-refractivity contribution in [1.82, 2.24) is 15.1 Å². The van der Waals surface area contributed by atoms with Crippen molar-refractivity contribution in [1.29, 1.82) is 0 Å². The Morgan fingerprint density at radius 1 is 1.40 bits per heavy atom. The van der Waals surface area contributed by atoms with Gasteiger partial charge >= 0.3 is 12.0 Å². The Morgan fingerprint density at radius 2 is 2.10 bits per heavy atom. The Kier molecular flexibility index (Phi) is 6.69. The van der Waals surface area contributed by atoms with Gasteiger partial charge in [0.2, 0.25) is 0 Å². The molecule has 0 aromatic rings. The van der Waals surface area contributed by atoms with Gasteiger partial charge in [-0.1, -0.05) is 0 Å². The first-order valence-corrected chi connectivity index (χ1v) is 6.59. The lowest BCUT2D eigenvalue weighted by Gasteiger charge is -2.21. The monoisotopic (exact) mass is 289 g/mol. The van der Waals surface area contributed by atoms with Crippen LogP contribution in [0.1, 0.15) is 6.42 Å². The fourth-order valence-corrected chi connectivity index (χ4v) is 1.95. The van der Waals surface area contributed by atoms with E-state index in [1.165, 1.54) is 0 Å². The SMILES string of the molecule is CN(C)CCOCCNC(=O)N1CC(O)C[C@H]1C(=O)O. The third kappa shape index (κ3) is 5.32. The average molecular weight is 289 g/mol. The van der Waals surface area contributed by atoms with Crippen LogP contribution in [0.3, 0.4) is 0 Å². The van der Waals surface area contributed by atoms with Crippen LogP contribution in [0.5, 0.6) is 0 Å². The number of carbonyl (C=O) groups is 2. The zero-order chi connectivity index (χ0) is 15.1. The van der Waals surface area contributed by atoms with Gasteiger partial charge in [0.25, 0.3) is 0 Å². The first kappa shape index (κ1) is 16.7. The van der Waals surface area contributed by atoms with Crippen LogP contribution in [0, 0.1) is 0 Å². The molecule has 1 rings (SSSR count). The van der Waals surface area contributed by atoms with Crippen molar-refractivity contribution in [3.05, 3.63) is 0 Å². The van der Waals surface area contributed by atoms with Crippen LogP contribution in [0.4, 0.5) is 4.79 Å². The maximum Gasteiger partial charge on any atom is 0.326 e. The largest absolute Gasteiger partial charge is 0.480 e. The maximum absolute atomic E-state index is 11.8. The molecule has 1 saturated heterocycles. The molecule has 2 amide bonds. The lowest BCUT2D eigenvalue weighted by atomic mass is 10.2. The van der Waals surface area contributed by atoms with Crippen molar-refractivity contribution >= 4 is 12.0 Å². The van der Waals surface area contributed by atoms with Gasteiger partial charge in [0, 0.05) is 26.1 Å². The van der Waals surface area contributed by atoms with Gasteiger partial charge in [-0.15, -0.1) is 0 Å². The van der Waals surface area contributed by atoms with E-state index >= 15 is 0 Å². The summed E-state index contributed by atoms with van der Waals surface area (Å²) in [4.78, 5) is 25.9. The van der Waals surface area contributed by atoms with E-state index in [-0.39, 0.29) is 13.0 Å². The van der Waals surface area contributed by atoms with Gasteiger partial charge in [-0.25, -0.2) is 9.59 Å². The number of likely N-dealkylation sites (N-methyl/N-ethyl adjacent to an activating group) is 1. The number of nitrogens with one attached hydrogen (secondary N) is 1. The minimum atomic E-state index is -1.10. The summed E-state index contributed by atoms with van der Waals surface area (Å²) >= 11 is 0. The second-order valence-electron chi connectivity index (χ2n) is 5.04. The average Bonchev–Trinajstić information content (AvgIpc) is 2.75. The fourth-order valence-electron chi connectivity index (χ4n) is 1.95. The predicted octanol–water partition coefficient (Wildman–Crippen LogP) is -1.21. The molecule has 0 aromatic carbocycles. The van der Waals surface area contributed by atoms with Gasteiger partial charge in [-0.2, -0.15) is 0 Å². The van der Waals surface area contributed by atoms with Crippen LogP contribution in [-0.2, 0) is 9.53 Å². The molecule has 8 nitrogen and oxygen atoms in total. The molecular weight excluding hydrogens is 266 g/mol. The van der Waals surface area contributed by atoms with Crippen molar-refractivity contribution in [3.63, 3.8) is 0 Å². The summed E-state index contributed by atoms with van der Waals surface area (Å²) in [5.41, 5.74) is 0. The van der Waals surface area contributed by atoms with Gasteiger partial charge in [-0.05, 0) is 14.1 Å². The highest BCUT2D eigenvalue weighted by atomic mass is 16.5. The number of aliphatic hydroxyl groups is 1. The van der Waals surface area contributed by atoms with Crippen LogP contribution >= 0.6 is 0 Å². The molecule has 20 heavy (non-hydrogen) atoms. The number of amides is 2. The summed E-state index contributed by atoms with van der Waals surface area (Å²) in [7, 11) is 3.88. The number of ether oxygens (including phenoxy) is 1. The molecule has 0 aliphatic carbocycles. The van der Waals surface area contributed by atoms with E-state index in [4.69, 9.17) is 9.84 Å². The van der Waals surface area contributed by atoms with Crippen LogP contribution in [-0.4, -0.2) is 91.1 Å². The molecule has 0 bridgehead atoms. The van der Waals surface area contributed by atoms with Gasteiger partial charge in [0.15, 0.2) is 0 Å². The fraction of sp³-hybridized carbons (Fsp3) is 0.833. The third-order valence-corrected chi connectivity index (χ3v) is 3.03. The van der Waals surface area contributed by atoms with Crippen molar-refractivity contribution in [2.24, 2.45) is 0 Å². The van der Waals surface area contributed by atoms with Crippen LogP contribution < -0.4 is 5.32 Å². The molecule has 1 unspecified atom stereocenters. The summed E-state index contributed by atoms with van der Waals surface area (Å²) in [5, 5.41) is 21.0. The molecule has 3 N–H and O–H groups in total. The van der Waals surface area contributed by atoms with E-state index in [0.717, 1.165) is 11.4 Å². The molecule has 2 atom stereocenters. The molecule has 1 fully saturated rings. The zero-order valence-electron chi connectivity index (χ0n) is 11.9. The number of carboxylic acids is 1. The first-order valence-electron chi connectivity index (χ1n) is 6.59. The molecular formula is C12H23N3O5. The van der Waals surface area contributed by atoms with Gasteiger partial charge in [-0.3, -0.25) is 0 Å². The second kappa shape index (κ2) is 8.03. The van der Waals surface area contributed by atoms with Crippen LogP contribution in [0.25, 0.3) is 0 Å². The molecule has 8 heteroatoms. The molecule has 1 aliphatic heterocycles. The first-order chi connectivity index (χ1) is 9.41. The number of hydrogen-bond acceptors (Lipinski definition) is 5. The summed E-state index contributed by atoms with van der Waals surface area (Å²) < 4.78 is 5.31. The highest BCUT2D eigenvalue weighted by molar-refractivity contribution is 5.83. The molecule has 0 spiro atoms. The lowest BCUT2D eigenvalue weighted by molar-refractivity contribution is -0.141. The summed E-state index contributed by atoms with van der Waals surface area (Å²) in [5.74, 6) is -1.10. The standard InChI is InChI=1S/C12H23N3O5/c1-14(2)4-6-20-5-3-13-12(19)15-8-9(16)7-10(15)11(17)18/h9-10,16H,3-8H2,1-2H3,(H,13,19)(H,17,18)/t9?,10-/m0/s1. The molecule has 116 valence electrons. The Hall–Kier alpha value is -1.38. The highest BCUT2D eigenvalue weighted by Gasteiger charge is 2.38. The summed E-state index contributed by atoms with van der Waals surface area (Å²) in [6, 6.07) is -1.44. The van der Waals surface area contributed by atoms with Crippen LogP contribution in [0.15, 0.2) is 0 Å². The number of carboxylic acid groups (broad SMARTS) is 1. The van der Waals surface area contributed by atoms with Gasteiger partial charge < -0.3 is 30.1 Å². The summed E-state index contributed by atoms with van der Waals surface area (Å²) in [6.45, 7) is 2.10. The highest BCUT2D eigenvalue weighted by Crippen LogP contribution is 2.17. The second-order valence-corrected chi connectivity index (χ2v) is 5.04. The summed E-state index contributed by atoms with van der Waals surface area (Å²) in [6.07, 6.45) is -0.708. The number of aliphatic carboxylic acids is 1. The maximum atomic E-state index is 11.8. The Labute approximate surface area is 118 Å². The number of nitrogens with zero attached hydrogens (tertiary/aromatic N) is 2. The third-order valence-electron chi connectivity index (χ3n) is 3.03. The zero-order valence-corrected chi connectivity index (χ0v) is 11.9. The van der Waals surface area contributed by atoms with E-state index in [2.05, 4.69) is 5.32 Å². The Morgan fingerprint density at radius 3 is 2.70 bits per heavy atom. The number of likely N-dealkylation sites (tertiary alicyclic amines) is 1. The molecule has 1 aliphatic rings. The molecule has 0 saturated carbocycles. The van der Waals surface area contributed by atoms with Crippen molar-refractivity contribution in [2.75, 3.05) is 46.9 Å². The molecule has 1 heterocycles. The predicted molar refractivity (Wildman–Crippen MR) is 71.5 cm³/mol. The van der Waals surface area contributed by atoms with E-state index < -0.39 is 24.1 Å². The van der Waals surface area contributed by atoms with E-state index in [9.17, 15) is 14.7 Å². The van der Waals surface area contributed by atoms with Gasteiger partial charge in [0.1, 0.15) is 6.04 Å². The number of urea groups is 1. The van der Waals surface area contributed by atoms with Gasteiger partial charge in [0.05, 0.1) is 19.3 Å². The van der Waals surface area contributed by atoms with E-state index in [0.29, 0.717) is 19.8 Å². The lowest BCUT2D eigenvalue weighted by Crippen LogP contribution is -2.47. The number of hydrogen-bond donors (Lipinski definition) is 3. The quantitative estimate of drug-likeness (QED) is 0.509. The van der Waals surface area contributed by atoms with Crippen molar-refractivity contribution < 1.29 is 24.5 Å². The van der Waals surface area contributed by atoms with Crippen molar-refractivity contribution in [2.45, 2.75) is 18.6 Å². The number of β-amino-alcohol motifs (C(OH)–C–C–N with tert-alkyl or cyclic N) is 1. The normalized spacial score (nSPS) is 22.3. The number of rotatable bonds is 7. The minimum Gasteiger partial charge on any atom is -0.480 e. The topological polar surface area (TPSA) is 102 Å². The Balaban J connectivity index is 2.23. The number of aliphatic hydroxyl groups excluding tert-OH is 1.